The number of aliphatic imine (C=N–C) groups is 1. The fourth-order valence-electron chi connectivity index (χ4n) is 2.78. The first-order valence-corrected chi connectivity index (χ1v) is 9.06. The summed E-state index contributed by atoms with van der Waals surface area (Å²) < 4.78 is 35.5. The molecule has 144 valence electrons. The van der Waals surface area contributed by atoms with Gasteiger partial charge < -0.3 is 24.7 Å². The Morgan fingerprint density at radius 1 is 1.11 bits per heavy atom. The zero-order valence-electron chi connectivity index (χ0n) is 14.3. The molecule has 0 amide bonds. The Bertz CT molecular complexity index is 865. The van der Waals surface area contributed by atoms with Crippen LogP contribution in [0.2, 0.25) is 0 Å². The van der Waals surface area contributed by atoms with Crippen LogP contribution in [0.3, 0.4) is 0 Å². The fraction of sp³-hybridized carbons (Fsp3) is 0.278. The number of hydrogen-bond acceptors (Lipinski definition) is 6. The second-order valence-corrected chi connectivity index (χ2v) is 6.73. The fourth-order valence-corrected chi connectivity index (χ4v) is 3.46. The molecule has 0 fully saturated rings. The highest BCUT2D eigenvalue weighted by molar-refractivity contribution is 8.13. The van der Waals surface area contributed by atoms with Crippen LogP contribution < -0.4 is 19.9 Å². The highest BCUT2D eigenvalue weighted by Crippen LogP contribution is 2.35. The van der Waals surface area contributed by atoms with Crippen LogP contribution in [0.4, 0.5) is 10.1 Å². The van der Waals surface area contributed by atoms with Gasteiger partial charge in [0, 0.05) is 22.9 Å². The van der Waals surface area contributed by atoms with Crippen molar-refractivity contribution in [2.24, 2.45) is 10.7 Å². The molecule has 2 aromatic rings. The largest absolute Gasteiger partial charge is 0.486 e. The van der Waals surface area contributed by atoms with Crippen LogP contribution in [0.5, 0.6) is 17.2 Å². The maximum Gasteiger partial charge on any atom is 0.189 e. The number of amidine groups is 1. The van der Waals surface area contributed by atoms with Crippen molar-refractivity contribution in [3.63, 3.8) is 0 Å². The molecular formula is C18H18ClFN2O4S. The molecule has 2 N–H and O–H groups in total. The van der Waals surface area contributed by atoms with Gasteiger partial charge in [0.05, 0.1) is 12.3 Å². The van der Waals surface area contributed by atoms with Gasteiger partial charge in [0.15, 0.2) is 23.5 Å². The molecule has 0 saturated heterocycles. The number of nitrogens with two attached hydrogens (primary N) is 1. The van der Waals surface area contributed by atoms with Crippen molar-refractivity contribution in [3.8, 4) is 17.2 Å². The molecule has 0 atom stereocenters. The van der Waals surface area contributed by atoms with E-state index in [0.717, 1.165) is 5.56 Å². The first kappa shape index (κ1) is 19.6. The molecule has 0 radical (unpaired) electrons. The summed E-state index contributed by atoms with van der Waals surface area (Å²) in [6.45, 7) is 1.56. The average Bonchev–Trinajstić information content (AvgIpc) is 2.66. The molecule has 27 heavy (non-hydrogen) atoms. The predicted molar refractivity (Wildman–Crippen MR) is 104 cm³/mol. The third kappa shape index (κ3) is 4.58. The highest BCUT2D eigenvalue weighted by atomic mass is 35.5. The first-order valence-electron chi connectivity index (χ1n) is 8.07. The topological polar surface area (TPSA) is 75.3 Å². The van der Waals surface area contributed by atoms with Gasteiger partial charge in [-0.1, -0.05) is 11.8 Å². The van der Waals surface area contributed by atoms with Crippen LogP contribution in [0.25, 0.3) is 0 Å². The summed E-state index contributed by atoms with van der Waals surface area (Å²) >= 11 is 1.31. The molecule has 2 heterocycles. The second kappa shape index (κ2) is 8.69. The minimum Gasteiger partial charge on any atom is -0.486 e. The first-order chi connectivity index (χ1) is 12.7. The standard InChI is InChI=1S/C18H17FN2O4S.ClH/c19-13-5-11-8-22-10-25-17(11)12(6-13)9-26-18(20)21-14-1-2-15-16(7-14)24-4-3-23-15;/h1-2,5-7H,3-4,8-10H2,(H2,20,21);1H. The van der Waals surface area contributed by atoms with E-state index < -0.39 is 0 Å². The molecule has 2 aliphatic heterocycles. The van der Waals surface area contributed by atoms with Gasteiger partial charge in [-0.05, 0) is 24.3 Å². The number of hydrogen-bond donors (Lipinski definition) is 1. The third-order valence-electron chi connectivity index (χ3n) is 3.89. The Hall–Kier alpha value is -2.16. The van der Waals surface area contributed by atoms with E-state index in [2.05, 4.69) is 4.99 Å². The van der Waals surface area contributed by atoms with E-state index in [4.69, 9.17) is 24.7 Å². The molecule has 0 saturated carbocycles. The number of ether oxygens (including phenoxy) is 4. The van der Waals surface area contributed by atoms with E-state index in [1.807, 2.05) is 12.1 Å². The van der Waals surface area contributed by atoms with Gasteiger partial charge in [0.25, 0.3) is 0 Å². The monoisotopic (exact) mass is 412 g/mol. The predicted octanol–water partition coefficient (Wildman–Crippen LogP) is 3.76. The SMILES string of the molecule is Cl.NC(=Nc1ccc2c(c1)OCCO2)SCc1cc(F)cc2c1OCOC2. The summed E-state index contributed by atoms with van der Waals surface area (Å²) in [6, 6.07) is 8.28. The summed E-state index contributed by atoms with van der Waals surface area (Å²) in [4.78, 5) is 4.38. The van der Waals surface area contributed by atoms with Gasteiger partial charge in [-0.25, -0.2) is 9.38 Å². The molecule has 4 rings (SSSR count). The minimum absolute atomic E-state index is 0. The van der Waals surface area contributed by atoms with E-state index in [1.165, 1.54) is 23.9 Å². The lowest BCUT2D eigenvalue weighted by Crippen LogP contribution is -2.15. The summed E-state index contributed by atoms with van der Waals surface area (Å²) in [6.07, 6.45) is 0. The van der Waals surface area contributed by atoms with E-state index in [9.17, 15) is 4.39 Å². The molecule has 2 aromatic carbocycles. The Kier molecular flexibility index (Phi) is 6.30. The summed E-state index contributed by atoms with van der Waals surface area (Å²) in [5.41, 5.74) is 8.13. The Morgan fingerprint density at radius 2 is 1.93 bits per heavy atom. The molecule has 0 bridgehead atoms. The van der Waals surface area contributed by atoms with Gasteiger partial charge in [0.1, 0.15) is 24.8 Å². The van der Waals surface area contributed by atoms with Crippen molar-refractivity contribution >= 4 is 35.0 Å². The Balaban J connectivity index is 0.00000210. The smallest absolute Gasteiger partial charge is 0.189 e. The number of rotatable bonds is 3. The molecule has 2 aliphatic rings. The van der Waals surface area contributed by atoms with Crippen molar-refractivity contribution in [1.82, 2.24) is 0 Å². The van der Waals surface area contributed by atoms with Crippen LogP contribution in [0.1, 0.15) is 11.1 Å². The van der Waals surface area contributed by atoms with Crippen LogP contribution >= 0.6 is 24.2 Å². The van der Waals surface area contributed by atoms with Crippen molar-refractivity contribution in [2.75, 3.05) is 20.0 Å². The minimum atomic E-state index is -0.323. The lowest BCUT2D eigenvalue weighted by molar-refractivity contribution is -0.0171. The number of thioether (sulfide) groups is 1. The zero-order chi connectivity index (χ0) is 17.9. The number of nitrogens with zero attached hydrogens (tertiary/aromatic N) is 1. The zero-order valence-corrected chi connectivity index (χ0v) is 15.9. The van der Waals surface area contributed by atoms with Crippen LogP contribution in [-0.2, 0) is 17.1 Å². The van der Waals surface area contributed by atoms with E-state index in [0.29, 0.717) is 59.2 Å². The number of fused-ring (bicyclic) bond motifs is 2. The molecule has 9 heteroatoms. The average molecular weight is 413 g/mol. The Morgan fingerprint density at radius 3 is 2.78 bits per heavy atom. The molecule has 0 aliphatic carbocycles. The van der Waals surface area contributed by atoms with E-state index in [1.54, 1.807) is 6.07 Å². The molecule has 0 unspecified atom stereocenters. The van der Waals surface area contributed by atoms with E-state index >= 15 is 0 Å². The number of halogens is 2. The summed E-state index contributed by atoms with van der Waals surface area (Å²) in [7, 11) is 0. The van der Waals surface area contributed by atoms with Crippen LogP contribution in [0, 0.1) is 5.82 Å². The maximum atomic E-state index is 13.8. The van der Waals surface area contributed by atoms with E-state index in [-0.39, 0.29) is 25.0 Å². The molecule has 0 spiro atoms. The highest BCUT2D eigenvalue weighted by Gasteiger charge is 2.17. The van der Waals surface area contributed by atoms with Crippen LogP contribution in [0.15, 0.2) is 35.3 Å². The maximum absolute atomic E-state index is 13.8. The van der Waals surface area contributed by atoms with Gasteiger partial charge >= 0.3 is 0 Å². The van der Waals surface area contributed by atoms with Crippen molar-refractivity contribution < 1.29 is 23.3 Å². The lowest BCUT2D eigenvalue weighted by Gasteiger charge is -2.20. The van der Waals surface area contributed by atoms with Crippen molar-refractivity contribution in [2.45, 2.75) is 12.4 Å². The Labute approximate surface area is 166 Å². The molecule has 0 aromatic heterocycles. The van der Waals surface area contributed by atoms with Crippen molar-refractivity contribution in [1.29, 1.82) is 0 Å². The third-order valence-corrected chi connectivity index (χ3v) is 4.73. The number of benzene rings is 2. The lowest BCUT2D eigenvalue weighted by atomic mass is 10.1. The normalized spacial score (nSPS) is 15.4. The quantitative estimate of drug-likeness (QED) is 0.611. The summed E-state index contributed by atoms with van der Waals surface area (Å²) in [5, 5.41) is 0.367. The van der Waals surface area contributed by atoms with Crippen LogP contribution in [-0.4, -0.2) is 25.2 Å². The molecular weight excluding hydrogens is 395 g/mol. The van der Waals surface area contributed by atoms with Crippen molar-refractivity contribution in [3.05, 3.63) is 47.3 Å². The van der Waals surface area contributed by atoms with Gasteiger partial charge in [-0.15, -0.1) is 12.4 Å². The van der Waals surface area contributed by atoms with Gasteiger partial charge in [-0.2, -0.15) is 0 Å². The second-order valence-electron chi connectivity index (χ2n) is 5.73. The molecule has 6 nitrogen and oxygen atoms in total. The summed E-state index contributed by atoms with van der Waals surface area (Å²) in [5.74, 6) is 2.14. The van der Waals surface area contributed by atoms with Gasteiger partial charge in [-0.3, -0.25) is 0 Å². The van der Waals surface area contributed by atoms with Gasteiger partial charge in [0.2, 0.25) is 0 Å².